The van der Waals surface area contributed by atoms with Crippen LogP contribution in [0.1, 0.15) is 30.3 Å². The lowest BCUT2D eigenvalue weighted by Gasteiger charge is -2.34. The molecular weight excluding hydrogens is 392 g/mol. The van der Waals surface area contributed by atoms with E-state index in [1.54, 1.807) is 16.3 Å². The van der Waals surface area contributed by atoms with Crippen molar-refractivity contribution in [1.29, 1.82) is 0 Å². The van der Waals surface area contributed by atoms with Crippen LogP contribution in [-0.2, 0) is 18.3 Å². The lowest BCUT2D eigenvalue weighted by molar-refractivity contribution is -0.132. The van der Waals surface area contributed by atoms with Gasteiger partial charge in [0.05, 0.1) is 11.4 Å². The number of aryl methyl sites for hydroxylation is 4. The maximum atomic E-state index is 13.0. The highest BCUT2D eigenvalue weighted by molar-refractivity contribution is 5.77. The molecule has 1 fully saturated rings. The molecule has 1 amide bonds. The molecule has 31 heavy (non-hydrogen) atoms. The summed E-state index contributed by atoms with van der Waals surface area (Å²) in [5.41, 5.74) is 4.40. The first-order valence-electron chi connectivity index (χ1n) is 10.9. The van der Waals surface area contributed by atoms with Gasteiger partial charge in [0.15, 0.2) is 5.65 Å². The Morgan fingerprint density at radius 3 is 2.39 bits per heavy atom. The Bertz CT molecular complexity index is 1150. The summed E-state index contributed by atoms with van der Waals surface area (Å²) < 4.78 is 3.36. The van der Waals surface area contributed by atoms with Gasteiger partial charge in [0.2, 0.25) is 5.91 Å². The van der Waals surface area contributed by atoms with E-state index in [0.29, 0.717) is 29.7 Å². The van der Waals surface area contributed by atoms with E-state index >= 15 is 0 Å². The number of hydrogen-bond donors (Lipinski definition) is 0. The second-order valence-corrected chi connectivity index (χ2v) is 8.24. The van der Waals surface area contributed by atoms with E-state index in [2.05, 4.69) is 21.9 Å². The van der Waals surface area contributed by atoms with Gasteiger partial charge in [0.25, 0.3) is 5.56 Å². The normalized spacial score (nSPS) is 15.0. The molecule has 0 aliphatic carbocycles. The van der Waals surface area contributed by atoms with Crippen molar-refractivity contribution in [1.82, 2.24) is 29.1 Å². The molecule has 1 aliphatic rings. The molecule has 0 N–H and O–H groups in total. The maximum absolute atomic E-state index is 13.0. The minimum Gasteiger partial charge on any atom is -0.340 e. The molecule has 8 nitrogen and oxygen atoms in total. The van der Waals surface area contributed by atoms with Crippen molar-refractivity contribution in [3.8, 4) is 5.69 Å². The zero-order chi connectivity index (χ0) is 22.1. The topological polar surface area (TPSA) is 76.3 Å². The Morgan fingerprint density at radius 1 is 1.06 bits per heavy atom. The molecule has 3 heterocycles. The molecule has 3 aromatic rings. The van der Waals surface area contributed by atoms with Crippen molar-refractivity contribution < 1.29 is 4.79 Å². The number of hydrogen-bond acceptors (Lipinski definition) is 5. The van der Waals surface area contributed by atoms with Gasteiger partial charge in [0.1, 0.15) is 11.2 Å². The van der Waals surface area contributed by atoms with Crippen molar-refractivity contribution >= 4 is 17.1 Å². The Kier molecular flexibility index (Phi) is 5.91. The van der Waals surface area contributed by atoms with Gasteiger partial charge in [-0.1, -0.05) is 24.6 Å². The summed E-state index contributed by atoms with van der Waals surface area (Å²) >= 11 is 0. The quantitative estimate of drug-likeness (QED) is 0.627. The number of aromatic nitrogens is 4. The van der Waals surface area contributed by atoms with Crippen LogP contribution in [0.5, 0.6) is 0 Å². The number of rotatable bonds is 5. The summed E-state index contributed by atoms with van der Waals surface area (Å²) in [6, 6.07) is 8.00. The lowest BCUT2D eigenvalue weighted by Crippen LogP contribution is -2.48. The van der Waals surface area contributed by atoms with E-state index in [-0.39, 0.29) is 11.5 Å². The number of nitrogens with zero attached hydrogens (tertiary/aromatic N) is 6. The molecule has 8 heteroatoms. The number of fused-ring (bicyclic) bond motifs is 1. The Morgan fingerprint density at radius 2 is 1.74 bits per heavy atom. The fourth-order valence-electron chi connectivity index (χ4n) is 4.14. The molecule has 0 atom stereocenters. The molecule has 0 radical (unpaired) electrons. The third-order valence-electron chi connectivity index (χ3n) is 6.15. The fourth-order valence-corrected chi connectivity index (χ4v) is 4.14. The Balaban J connectivity index is 1.58. The maximum Gasteiger partial charge on any atom is 0.273 e. The summed E-state index contributed by atoms with van der Waals surface area (Å²) in [6.07, 6.45) is 0.635. The first-order chi connectivity index (χ1) is 14.9. The molecular formula is C23H30N6O2. The number of carbonyl (C=O) groups is 1. The molecule has 2 aromatic heterocycles. The first-order valence-corrected chi connectivity index (χ1v) is 10.9. The number of piperazine rings is 1. The van der Waals surface area contributed by atoms with Crippen LogP contribution in [0.4, 0.5) is 0 Å². The number of likely N-dealkylation sites (N-methyl/N-ethyl adjacent to an activating group) is 1. The van der Waals surface area contributed by atoms with Gasteiger partial charge in [-0.2, -0.15) is 5.10 Å². The molecule has 0 spiro atoms. The van der Waals surface area contributed by atoms with Crippen LogP contribution in [-0.4, -0.2) is 67.8 Å². The standard InChI is InChI=1S/C23H30N6O2/c1-5-27-12-14-28(15-13-27)20(30)11-10-19-23(31)26(4)22-21(24-19)17(3)25-29(22)18-8-6-16(2)7-9-18/h6-9H,5,10-15H2,1-4H3. The SMILES string of the molecule is CCN1CCN(C(=O)CCc2nc3c(C)nn(-c4ccc(C)cc4)c3n(C)c2=O)CC1. The summed E-state index contributed by atoms with van der Waals surface area (Å²) in [7, 11) is 1.74. The zero-order valence-corrected chi connectivity index (χ0v) is 18.8. The summed E-state index contributed by atoms with van der Waals surface area (Å²) in [6.45, 7) is 10.4. The molecule has 164 valence electrons. The van der Waals surface area contributed by atoms with Crippen LogP contribution < -0.4 is 5.56 Å². The average molecular weight is 423 g/mol. The predicted molar refractivity (Wildman–Crippen MR) is 121 cm³/mol. The highest BCUT2D eigenvalue weighted by atomic mass is 16.2. The van der Waals surface area contributed by atoms with Gasteiger partial charge in [-0.25, -0.2) is 9.67 Å². The fraction of sp³-hybridized carbons (Fsp3) is 0.478. The van der Waals surface area contributed by atoms with E-state index in [1.165, 1.54) is 0 Å². The number of benzene rings is 1. The van der Waals surface area contributed by atoms with Crippen LogP contribution >= 0.6 is 0 Å². The van der Waals surface area contributed by atoms with E-state index < -0.39 is 0 Å². The Labute approximate surface area is 182 Å². The Hall–Kier alpha value is -3.00. The van der Waals surface area contributed by atoms with E-state index in [1.807, 2.05) is 43.0 Å². The smallest absolute Gasteiger partial charge is 0.273 e. The average Bonchev–Trinajstić information content (AvgIpc) is 3.11. The van der Waals surface area contributed by atoms with Crippen molar-refractivity contribution in [2.24, 2.45) is 7.05 Å². The third kappa shape index (κ3) is 4.12. The minimum atomic E-state index is -0.177. The lowest BCUT2D eigenvalue weighted by atomic mass is 10.2. The predicted octanol–water partition coefficient (Wildman–Crippen LogP) is 1.83. The van der Waals surface area contributed by atoms with Crippen molar-refractivity contribution in [3.05, 3.63) is 51.6 Å². The van der Waals surface area contributed by atoms with Gasteiger partial charge >= 0.3 is 0 Å². The monoisotopic (exact) mass is 422 g/mol. The number of carbonyl (C=O) groups excluding carboxylic acids is 1. The highest BCUT2D eigenvalue weighted by Gasteiger charge is 2.22. The van der Waals surface area contributed by atoms with E-state index in [0.717, 1.165) is 49.7 Å². The van der Waals surface area contributed by atoms with Crippen molar-refractivity contribution in [3.63, 3.8) is 0 Å². The van der Waals surface area contributed by atoms with Gasteiger partial charge in [-0.3, -0.25) is 14.2 Å². The third-order valence-corrected chi connectivity index (χ3v) is 6.15. The van der Waals surface area contributed by atoms with E-state index in [9.17, 15) is 9.59 Å². The summed E-state index contributed by atoms with van der Waals surface area (Å²) in [5.74, 6) is 0.0896. The molecule has 0 bridgehead atoms. The molecule has 1 saturated heterocycles. The molecule has 1 aliphatic heterocycles. The van der Waals surface area contributed by atoms with Crippen LogP contribution in [0.2, 0.25) is 0 Å². The van der Waals surface area contributed by atoms with Crippen LogP contribution in [0.25, 0.3) is 16.9 Å². The van der Waals surface area contributed by atoms with Gasteiger partial charge in [-0.05, 0) is 32.5 Å². The van der Waals surface area contributed by atoms with Crippen LogP contribution in [0, 0.1) is 13.8 Å². The van der Waals surface area contributed by atoms with Crippen molar-refractivity contribution in [2.45, 2.75) is 33.6 Å². The van der Waals surface area contributed by atoms with E-state index in [4.69, 9.17) is 0 Å². The molecule has 0 unspecified atom stereocenters. The summed E-state index contributed by atoms with van der Waals surface area (Å²) in [5, 5.41) is 4.63. The van der Waals surface area contributed by atoms with Gasteiger partial charge in [0, 0.05) is 46.1 Å². The van der Waals surface area contributed by atoms with Gasteiger partial charge < -0.3 is 9.80 Å². The molecule has 1 aromatic carbocycles. The summed E-state index contributed by atoms with van der Waals surface area (Å²) in [4.78, 5) is 34.6. The highest BCUT2D eigenvalue weighted by Crippen LogP contribution is 2.20. The second kappa shape index (κ2) is 8.63. The minimum absolute atomic E-state index is 0.0896. The van der Waals surface area contributed by atoms with Crippen molar-refractivity contribution in [2.75, 3.05) is 32.7 Å². The second-order valence-electron chi connectivity index (χ2n) is 8.24. The largest absolute Gasteiger partial charge is 0.340 e. The van der Waals surface area contributed by atoms with Crippen LogP contribution in [0.15, 0.2) is 29.1 Å². The molecule has 0 saturated carbocycles. The van der Waals surface area contributed by atoms with Gasteiger partial charge in [-0.15, -0.1) is 0 Å². The first kappa shape index (κ1) is 21.2. The number of amides is 1. The van der Waals surface area contributed by atoms with Crippen LogP contribution in [0.3, 0.4) is 0 Å². The molecule has 4 rings (SSSR count). The zero-order valence-electron chi connectivity index (χ0n) is 18.8.